The molecule has 0 saturated carbocycles. The number of nitrogens with two attached hydrogens (primary N) is 1. The largest absolute Gasteiger partial charge is 0.504 e. The van der Waals surface area contributed by atoms with E-state index in [1.165, 1.54) is 18.2 Å². The van der Waals surface area contributed by atoms with Crippen molar-refractivity contribution in [3.63, 3.8) is 0 Å². The van der Waals surface area contributed by atoms with Gasteiger partial charge in [-0.2, -0.15) is 0 Å². The topological polar surface area (TPSA) is 92.8 Å². The fourth-order valence-electron chi connectivity index (χ4n) is 2.49. The van der Waals surface area contributed by atoms with Gasteiger partial charge in [-0.3, -0.25) is 4.79 Å². The maximum Gasteiger partial charge on any atom is 0.241 e. The minimum Gasteiger partial charge on any atom is -0.504 e. The van der Waals surface area contributed by atoms with Crippen LogP contribution in [0.2, 0.25) is 0 Å². The third-order valence-electron chi connectivity index (χ3n) is 3.85. The van der Waals surface area contributed by atoms with Crippen LogP contribution in [0.15, 0.2) is 48.5 Å². The van der Waals surface area contributed by atoms with Crippen molar-refractivity contribution in [3.05, 3.63) is 59.7 Å². The lowest BCUT2D eigenvalue weighted by Gasteiger charge is -2.11. The molecular weight excluding hydrogens is 330 g/mol. The summed E-state index contributed by atoms with van der Waals surface area (Å²) in [5.74, 6) is 0.315. The fraction of sp³-hybridized carbons (Fsp3) is 0.286. The number of carbonyl (C=O) groups excluding carboxylic acids is 1. The van der Waals surface area contributed by atoms with Crippen molar-refractivity contribution < 1.29 is 19.7 Å². The van der Waals surface area contributed by atoms with Crippen LogP contribution in [0.5, 0.6) is 17.2 Å². The van der Waals surface area contributed by atoms with Crippen LogP contribution in [0.25, 0.3) is 5.57 Å². The third-order valence-corrected chi connectivity index (χ3v) is 3.85. The summed E-state index contributed by atoms with van der Waals surface area (Å²) in [5, 5.41) is 19.1. The maximum atomic E-state index is 11.3. The summed E-state index contributed by atoms with van der Waals surface area (Å²) in [6.45, 7) is 4.87. The van der Waals surface area contributed by atoms with Gasteiger partial charge in [0, 0.05) is 6.08 Å². The normalized spacial score (nSPS) is 11.6. The molecular formula is C21H25NO4. The molecule has 2 rings (SSSR count). The summed E-state index contributed by atoms with van der Waals surface area (Å²) in [5.41, 5.74) is 7.75. The fourth-order valence-corrected chi connectivity index (χ4v) is 2.49. The van der Waals surface area contributed by atoms with E-state index in [-0.39, 0.29) is 11.5 Å². The van der Waals surface area contributed by atoms with E-state index in [1.807, 2.05) is 24.3 Å². The molecule has 2 aromatic carbocycles. The summed E-state index contributed by atoms with van der Waals surface area (Å²) in [7, 11) is 0. The van der Waals surface area contributed by atoms with E-state index in [2.05, 4.69) is 13.8 Å². The highest BCUT2D eigenvalue weighted by Crippen LogP contribution is 2.30. The first-order valence-corrected chi connectivity index (χ1v) is 8.59. The van der Waals surface area contributed by atoms with E-state index < -0.39 is 5.91 Å². The second kappa shape index (κ2) is 8.94. The Bertz CT molecular complexity index is 779. The lowest BCUT2D eigenvalue weighted by molar-refractivity contribution is -0.113. The lowest BCUT2D eigenvalue weighted by Crippen LogP contribution is -2.07. The first-order chi connectivity index (χ1) is 12.3. The molecule has 4 N–H and O–H groups in total. The highest BCUT2D eigenvalue weighted by atomic mass is 16.5. The Kier molecular flexibility index (Phi) is 6.67. The van der Waals surface area contributed by atoms with E-state index >= 15 is 0 Å². The number of hydrogen-bond donors (Lipinski definition) is 3. The van der Waals surface area contributed by atoms with Gasteiger partial charge in [-0.05, 0) is 59.7 Å². The Morgan fingerprint density at radius 3 is 2.38 bits per heavy atom. The summed E-state index contributed by atoms with van der Waals surface area (Å²) >= 11 is 0. The van der Waals surface area contributed by atoms with Gasteiger partial charge in [0.05, 0.1) is 6.61 Å². The average molecular weight is 355 g/mol. The van der Waals surface area contributed by atoms with Gasteiger partial charge >= 0.3 is 0 Å². The third kappa shape index (κ3) is 5.84. The molecule has 0 saturated heterocycles. The van der Waals surface area contributed by atoms with Gasteiger partial charge in [-0.25, -0.2) is 0 Å². The zero-order valence-corrected chi connectivity index (χ0v) is 15.1. The smallest absolute Gasteiger partial charge is 0.241 e. The molecule has 0 radical (unpaired) electrons. The minimum absolute atomic E-state index is 0.204. The van der Waals surface area contributed by atoms with E-state index in [0.29, 0.717) is 36.5 Å². The number of allylic oxidation sites excluding steroid dienone is 1. The van der Waals surface area contributed by atoms with Crippen LogP contribution >= 0.6 is 0 Å². The number of rotatable bonds is 8. The van der Waals surface area contributed by atoms with Gasteiger partial charge in [0.15, 0.2) is 11.5 Å². The van der Waals surface area contributed by atoms with Crippen LogP contribution in [0.1, 0.15) is 31.4 Å². The lowest BCUT2D eigenvalue weighted by atomic mass is 9.97. The molecule has 0 unspecified atom stereocenters. The molecule has 5 heteroatoms. The van der Waals surface area contributed by atoms with Crippen molar-refractivity contribution >= 4 is 11.5 Å². The van der Waals surface area contributed by atoms with E-state index in [4.69, 9.17) is 10.5 Å². The highest BCUT2D eigenvalue weighted by Gasteiger charge is 2.08. The summed E-state index contributed by atoms with van der Waals surface area (Å²) < 4.78 is 5.67. The predicted octanol–water partition coefficient (Wildman–Crippen LogP) is 3.63. The first-order valence-electron chi connectivity index (χ1n) is 8.59. The number of amides is 1. The molecule has 5 nitrogen and oxygen atoms in total. The Balaban J connectivity index is 2.07. The Morgan fingerprint density at radius 1 is 1.12 bits per heavy atom. The van der Waals surface area contributed by atoms with Crippen molar-refractivity contribution in [1.82, 2.24) is 0 Å². The molecule has 0 fully saturated rings. The molecule has 0 atom stereocenters. The molecule has 0 aliphatic heterocycles. The van der Waals surface area contributed by atoms with Crippen molar-refractivity contribution in [1.29, 1.82) is 0 Å². The zero-order chi connectivity index (χ0) is 19.1. The molecule has 0 bridgehead atoms. The van der Waals surface area contributed by atoms with E-state index in [0.717, 1.165) is 11.3 Å². The van der Waals surface area contributed by atoms with Gasteiger partial charge in [0.1, 0.15) is 5.75 Å². The molecule has 0 aliphatic carbocycles. The average Bonchev–Trinajstić information content (AvgIpc) is 2.60. The number of aromatic hydroxyl groups is 2. The maximum absolute atomic E-state index is 11.3. The number of hydrogen-bond acceptors (Lipinski definition) is 4. The summed E-state index contributed by atoms with van der Waals surface area (Å²) in [6, 6.07) is 12.3. The highest BCUT2D eigenvalue weighted by molar-refractivity contribution is 5.94. The monoisotopic (exact) mass is 355 g/mol. The van der Waals surface area contributed by atoms with Crippen molar-refractivity contribution in [2.75, 3.05) is 6.61 Å². The number of primary amides is 1. The van der Waals surface area contributed by atoms with Crippen molar-refractivity contribution in [3.8, 4) is 17.2 Å². The SMILES string of the molecule is CC(C)COc1ccc(CC/C(=C\C(N)=O)c2ccc(O)c(O)c2)cc1. The number of ether oxygens (including phenoxy) is 1. The second-order valence-corrected chi connectivity index (χ2v) is 6.62. The Labute approximate surface area is 153 Å². The van der Waals surface area contributed by atoms with E-state index in [9.17, 15) is 15.0 Å². The molecule has 138 valence electrons. The summed E-state index contributed by atoms with van der Waals surface area (Å²) in [6.07, 6.45) is 2.62. The molecule has 0 heterocycles. The Hall–Kier alpha value is -2.95. The van der Waals surface area contributed by atoms with Gasteiger partial charge in [0.2, 0.25) is 5.91 Å². The van der Waals surface area contributed by atoms with Crippen LogP contribution in [-0.2, 0) is 11.2 Å². The van der Waals surface area contributed by atoms with Crippen LogP contribution in [0.4, 0.5) is 0 Å². The second-order valence-electron chi connectivity index (χ2n) is 6.62. The molecule has 0 aliphatic rings. The van der Waals surface area contributed by atoms with Crippen LogP contribution in [-0.4, -0.2) is 22.7 Å². The van der Waals surface area contributed by atoms with Crippen LogP contribution < -0.4 is 10.5 Å². The van der Waals surface area contributed by atoms with Crippen LogP contribution in [0, 0.1) is 5.92 Å². The minimum atomic E-state index is -0.551. The van der Waals surface area contributed by atoms with Crippen molar-refractivity contribution in [2.45, 2.75) is 26.7 Å². The van der Waals surface area contributed by atoms with Crippen molar-refractivity contribution in [2.24, 2.45) is 11.7 Å². The van der Waals surface area contributed by atoms with E-state index in [1.54, 1.807) is 6.07 Å². The Morgan fingerprint density at radius 2 is 1.81 bits per heavy atom. The summed E-state index contributed by atoms with van der Waals surface area (Å²) in [4.78, 5) is 11.3. The zero-order valence-electron chi connectivity index (χ0n) is 15.1. The number of benzene rings is 2. The molecule has 1 amide bonds. The first kappa shape index (κ1) is 19.4. The standard InChI is InChI=1S/C21H25NO4/c1-14(2)13-26-18-8-4-15(5-9-18)3-6-17(12-21(22)25)16-7-10-19(23)20(24)11-16/h4-5,7-12,14,23-24H,3,6,13H2,1-2H3,(H2,22,25)/b17-12+. The van der Waals surface area contributed by atoms with Gasteiger partial charge < -0.3 is 20.7 Å². The molecule has 26 heavy (non-hydrogen) atoms. The quantitative estimate of drug-likeness (QED) is 0.498. The number of phenolic OH excluding ortho intramolecular Hbond substituents is 2. The van der Waals surface area contributed by atoms with Gasteiger partial charge in [-0.1, -0.05) is 32.0 Å². The molecule has 2 aromatic rings. The molecule has 0 spiro atoms. The number of phenols is 2. The van der Waals surface area contributed by atoms with Gasteiger partial charge in [-0.15, -0.1) is 0 Å². The molecule has 0 aromatic heterocycles. The predicted molar refractivity (Wildman–Crippen MR) is 102 cm³/mol. The van der Waals surface area contributed by atoms with Crippen LogP contribution in [0.3, 0.4) is 0 Å². The number of carbonyl (C=O) groups is 1. The van der Waals surface area contributed by atoms with Gasteiger partial charge in [0.25, 0.3) is 0 Å². The number of aryl methyl sites for hydroxylation is 1.